The second-order valence-electron chi connectivity index (χ2n) is 3.82. The van der Waals surface area contributed by atoms with Gasteiger partial charge in [0, 0.05) is 31.1 Å². The Kier molecular flexibility index (Phi) is 1.89. The Morgan fingerprint density at radius 1 is 1.46 bits per heavy atom. The standard InChI is InChI=1S/C10H14N2S/c1-4-12-5-3-11-7-9(12)10-8(1)2-6-13-10/h2,6,9,11H,1,3-5,7H2. The summed E-state index contributed by atoms with van der Waals surface area (Å²) in [6.45, 7) is 4.79. The predicted octanol–water partition coefficient (Wildman–Crippen LogP) is 1.25. The molecule has 1 unspecified atom stereocenters. The quantitative estimate of drug-likeness (QED) is 0.668. The van der Waals surface area contributed by atoms with Crippen LogP contribution in [0.5, 0.6) is 0 Å². The van der Waals surface area contributed by atoms with Gasteiger partial charge < -0.3 is 5.32 Å². The van der Waals surface area contributed by atoms with Gasteiger partial charge in [-0.2, -0.15) is 0 Å². The van der Waals surface area contributed by atoms with E-state index in [9.17, 15) is 0 Å². The fraction of sp³-hybridized carbons (Fsp3) is 0.600. The third-order valence-corrected chi connectivity index (χ3v) is 4.17. The van der Waals surface area contributed by atoms with E-state index in [1.807, 2.05) is 11.3 Å². The van der Waals surface area contributed by atoms with Gasteiger partial charge in [-0.3, -0.25) is 4.90 Å². The molecule has 0 aromatic carbocycles. The lowest BCUT2D eigenvalue weighted by Crippen LogP contribution is -2.48. The summed E-state index contributed by atoms with van der Waals surface area (Å²) < 4.78 is 0. The van der Waals surface area contributed by atoms with E-state index in [4.69, 9.17) is 0 Å². The lowest BCUT2D eigenvalue weighted by molar-refractivity contribution is 0.155. The average molecular weight is 194 g/mol. The molecule has 1 aromatic heterocycles. The van der Waals surface area contributed by atoms with Crippen molar-refractivity contribution in [3.63, 3.8) is 0 Å². The molecular formula is C10H14N2S. The summed E-state index contributed by atoms with van der Waals surface area (Å²) in [5.41, 5.74) is 1.59. The molecule has 1 N–H and O–H groups in total. The van der Waals surface area contributed by atoms with Crippen LogP contribution in [0.3, 0.4) is 0 Å². The molecule has 0 amide bonds. The molecule has 0 aliphatic carbocycles. The third-order valence-electron chi connectivity index (χ3n) is 3.11. The van der Waals surface area contributed by atoms with Crippen molar-refractivity contribution in [3.8, 4) is 0 Å². The van der Waals surface area contributed by atoms with Crippen LogP contribution >= 0.6 is 11.3 Å². The molecule has 0 bridgehead atoms. The van der Waals surface area contributed by atoms with Crippen molar-refractivity contribution in [2.45, 2.75) is 12.5 Å². The number of fused-ring (bicyclic) bond motifs is 3. The molecule has 1 saturated heterocycles. The van der Waals surface area contributed by atoms with E-state index in [0.717, 1.165) is 13.1 Å². The average Bonchev–Trinajstić information content (AvgIpc) is 2.65. The Morgan fingerprint density at radius 2 is 2.46 bits per heavy atom. The normalized spacial score (nSPS) is 28.2. The highest BCUT2D eigenvalue weighted by atomic mass is 32.1. The van der Waals surface area contributed by atoms with E-state index in [-0.39, 0.29) is 0 Å². The van der Waals surface area contributed by atoms with Gasteiger partial charge in [-0.1, -0.05) is 0 Å². The summed E-state index contributed by atoms with van der Waals surface area (Å²) in [5, 5.41) is 5.72. The van der Waals surface area contributed by atoms with Crippen LogP contribution in [0.25, 0.3) is 0 Å². The molecule has 0 spiro atoms. The summed E-state index contributed by atoms with van der Waals surface area (Å²) in [6.07, 6.45) is 1.26. The van der Waals surface area contributed by atoms with Crippen molar-refractivity contribution < 1.29 is 0 Å². The summed E-state index contributed by atoms with van der Waals surface area (Å²) in [7, 11) is 0. The molecule has 1 atom stereocenters. The highest BCUT2D eigenvalue weighted by Gasteiger charge is 2.29. The van der Waals surface area contributed by atoms with Crippen molar-refractivity contribution >= 4 is 11.3 Å². The van der Waals surface area contributed by atoms with E-state index in [1.165, 1.54) is 19.5 Å². The number of nitrogens with one attached hydrogen (secondary N) is 1. The topological polar surface area (TPSA) is 15.3 Å². The van der Waals surface area contributed by atoms with Crippen LogP contribution in [0, 0.1) is 0 Å². The van der Waals surface area contributed by atoms with Gasteiger partial charge in [0.25, 0.3) is 0 Å². The summed E-state index contributed by atoms with van der Waals surface area (Å²) >= 11 is 1.93. The van der Waals surface area contributed by atoms with Crippen molar-refractivity contribution in [3.05, 3.63) is 21.9 Å². The molecule has 1 fully saturated rings. The Balaban J connectivity index is 1.97. The minimum absolute atomic E-state index is 0.678. The van der Waals surface area contributed by atoms with Gasteiger partial charge in [0.2, 0.25) is 0 Å². The number of hydrogen-bond acceptors (Lipinski definition) is 3. The lowest BCUT2D eigenvalue weighted by Gasteiger charge is -2.39. The maximum absolute atomic E-state index is 3.48. The second-order valence-corrected chi connectivity index (χ2v) is 4.76. The van der Waals surface area contributed by atoms with Gasteiger partial charge in [0.05, 0.1) is 6.04 Å². The van der Waals surface area contributed by atoms with E-state index < -0.39 is 0 Å². The Labute approximate surface area is 82.6 Å². The fourth-order valence-corrected chi connectivity index (χ4v) is 3.47. The summed E-state index contributed by atoms with van der Waals surface area (Å²) in [5.74, 6) is 0. The molecule has 2 nitrogen and oxygen atoms in total. The first-order valence-electron chi connectivity index (χ1n) is 4.96. The molecule has 13 heavy (non-hydrogen) atoms. The first kappa shape index (κ1) is 7.97. The summed E-state index contributed by atoms with van der Waals surface area (Å²) in [4.78, 5) is 4.23. The highest BCUT2D eigenvalue weighted by Crippen LogP contribution is 2.34. The van der Waals surface area contributed by atoms with Crippen LogP contribution in [0.4, 0.5) is 0 Å². The van der Waals surface area contributed by atoms with Crippen LogP contribution in [0.2, 0.25) is 0 Å². The SMILES string of the molecule is c1cc2c(s1)C1CNCCN1CC2. The van der Waals surface area contributed by atoms with Crippen LogP contribution < -0.4 is 5.32 Å². The van der Waals surface area contributed by atoms with Gasteiger partial charge in [-0.05, 0) is 23.4 Å². The first-order valence-corrected chi connectivity index (χ1v) is 5.84. The van der Waals surface area contributed by atoms with Gasteiger partial charge >= 0.3 is 0 Å². The molecule has 0 saturated carbocycles. The molecular weight excluding hydrogens is 180 g/mol. The zero-order valence-corrected chi connectivity index (χ0v) is 8.44. The lowest BCUT2D eigenvalue weighted by atomic mass is 10.0. The molecule has 3 heterocycles. The highest BCUT2D eigenvalue weighted by molar-refractivity contribution is 7.10. The predicted molar refractivity (Wildman–Crippen MR) is 55.2 cm³/mol. The van der Waals surface area contributed by atoms with Crippen molar-refractivity contribution in [1.29, 1.82) is 0 Å². The van der Waals surface area contributed by atoms with E-state index in [0.29, 0.717) is 6.04 Å². The zero-order valence-electron chi connectivity index (χ0n) is 7.62. The van der Waals surface area contributed by atoms with Gasteiger partial charge in [0.1, 0.15) is 0 Å². The molecule has 1 aromatic rings. The molecule has 0 radical (unpaired) electrons. The Hall–Kier alpha value is -0.380. The maximum Gasteiger partial charge on any atom is 0.0569 e. The first-order chi connectivity index (χ1) is 6.45. The third kappa shape index (κ3) is 1.23. The second kappa shape index (κ2) is 3.08. The van der Waals surface area contributed by atoms with Crippen molar-refractivity contribution in [2.24, 2.45) is 0 Å². The van der Waals surface area contributed by atoms with Gasteiger partial charge in [-0.15, -0.1) is 11.3 Å². The number of nitrogens with zero attached hydrogens (tertiary/aromatic N) is 1. The number of hydrogen-bond donors (Lipinski definition) is 1. The van der Waals surface area contributed by atoms with E-state index >= 15 is 0 Å². The molecule has 2 aliphatic rings. The Bertz CT molecular complexity index is 308. The summed E-state index contributed by atoms with van der Waals surface area (Å²) in [6, 6.07) is 2.98. The minimum Gasteiger partial charge on any atom is -0.314 e. The van der Waals surface area contributed by atoms with Crippen LogP contribution in [-0.4, -0.2) is 31.1 Å². The minimum atomic E-state index is 0.678. The number of rotatable bonds is 0. The number of piperazine rings is 1. The monoisotopic (exact) mass is 194 g/mol. The molecule has 70 valence electrons. The molecule has 3 heteroatoms. The van der Waals surface area contributed by atoms with Crippen molar-refractivity contribution in [2.75, 3.05) is 26.2 Å². The van der Waals surface area contributed by atoms with Crippen LogP contribution in [0.1, 0.15) is 16.5 Å². The molecule has 3 rings (SSSR count). The largest absolute Gasteiger partial charge is 0.314 e. The van der Waals surface area contributed by atoms with Gasteiger partial charge in [0.15, 0.2) is 0 Å². The Morgan fingerprint density at radius 3 is 3.46 bits per heavy atom. The smallest absolute Gasteiger partial charge is 0.0569 e. The van der Waals surface area contributed by atoms with E-state index in [1.54, 1.807) is 10.4 Å². The van der Waals surface area contributed by atoms with E-state index in [2.05, 4.69) is 21.7 Å². The van der Waals surface area contributed by atoms with Crippen molar-refractivity contribution in [1.82, 2.24) is 10.2 Å². The van der Waals surface area contributed by atoms with Crippen LogP contribution in [0.15, 0.2) is 11.4 Å². The number of thiophene rings is 1. The van der Waals surface area contributed by atoms with Crippen LogP contribution in [-0.2, 0) is 6.42 Å². The molecule has 2 aliphatic heterocycles. The van der Waals surface area contributed by atoms with Gasteiger partial charge in [-0.25, -0.2) is 0 Å². The fourth-order valence-electron chi connectivity index (χ4n) is 2.38. The maximum atomic E-state index is 3.48. The zero-order chi connectivity index (χ0) is 8.67.